The summed E-state index contributed by atoms with van der Waals surface area (Å²) in [5, 5.41) is 13.1. The molecule has 12 heteroatoms. The number of amidine groups is 1. The van der Waals surface area contributed by atoms with Crippen molar-refractivity contribution in [1.29, 1.82) is 5.41 Å². The number of hydrogen-bond acceptors (Lipinski definition) is 11. The van der Waals surface area contributed by atoms with E-state index in [-0.39, 0.29) is 35.1 Å². The zero-order valence-corrected chi connectivity index (χ0v) is 22.7. The summed E-state index contributed by atoms with van der Waals surface area (Å²) < 4.78 is 11.2. The first kappa shape index (κ1) is 25.6. The lowest BCUT2D eigenvalue weighted by Gasteiger charge is -2.41. The van der Waals surface area contributed by atoms with Crippen LogP contribution in [-0.4, -0.2) is 69.3 Å². The van der Waals surface area contributed by atoms with Crippen LogP contribution in [0.4, 0.5) is 17.3 Å². The first-order valence-corrected chi connectivity index (χ1v) is 13.7. The fourth-order valence-corrected chi connectivity index (χ4v) is 5.89. The van der Waals surface area contributed by atoms with E-state index in [0.717, 1.165) is 62.6 Å². The second-order valence-electron chi connectivity index (χ2n) is 11.2. The highest BCUT2D eigenvalue weighted by Gasteiger charge is 2.47. The van der Waals surface area contributed by atoms with Gasteiger partial charge in [-0.15, -0.1) is 0 Å². The highest BCUT2D eigenvalue weighted by Crippen LogP contribution is 2.42. The lowest BCUT2D eigenvalue weighted by atomic mass is 9.73. The predicted octanol–water partition coefficient (Wildman–Crippen LogP) is 2.74. The molecule has 6 heterocycles. The Morgan fingerprint density at radius 3 is 2.62 bits per heavy atom. The normalized spacial score (nSPS) is 22.5. The molecule has 0 saturated carbocycles. The van der Waals surface area contributed by atoms with E-state index >= 15 is 0 Å². The molecule has 3 aromatic heterocycles. The number of aryl methyl sites for hydroxylation is 1. The van der Waals surface area contributed by atoms with Crippen molar-refractivity contribution in [2.75, 3.05) is 41.8 Å². The third kappa shape index (κ3) is 4.51. The molecule has 5 N–H and O–H groups in total. The largest absolute Gasteiger partial charge is 0.382 e. The quantitative estimate of drug-likeness (QED) is 0.333. The van der Waals surface area contributed by atoms with Gasteiger partial charge in [-0.3, -0.25) is 5.41 Å². The molecule has 0 bridgehead atoms. The van der Waals surface area contributed by atoms with Crippen LogP contribution >= 0.6 is 0 Å². The molecule has 3 aromatic rings. The molecule has 0 amide bonds. The molecule has 3 aliphatic heterocycles. The molecule has 12 nitrogen and oxygen atoms in total. The maximum absolute atomic E-state index is 8.96. The highest BCUT2D eigenvalue weighted by molar-refractivity contribution is 6.09. The third-order valence-electron chi connectivity index (χ3n) is 8.41. The number of piperidine rings is 1. The summed E-state index contributed by atoms with van der Waals surface area (Å²) in [5.74, 6) is 2.39. The lowest BCUT2D eigenvalue weighted by molar-refractivity contribution is 0.0974. The Bertz CT molecular complexity index is 1380. The van der Waals surface area contributed by atoms with Gasteiger partial charge in [0.15, 0.2) is 11.7 Å². The second-order valence-corrected chi connectivity index (χ2v) is 11.2. The molecule has 39 heavy (non-hydrogen) atoms. The molecular weight excluding hydrogens is 496 g/mol. The van der Waals surface area contributed by atoms with Crippen LogP contribution in [0, 0.1) is 10.8 Å². The monoisotopic (exact) mass is 532 g/mol. The molecule has 2 saturated heterocycles. The Kier molecular flexibility index (Phi) is 6.46. The molecule has 2 atom stereocenters. The predicted molar refractivity (Wildman–Crippen MR) is 148 cm³/mol. The molecule has 6 rings (SSSR count). The molecule has 0 radical (unpaired) electrons. The Balaban J connectivity index is 1.18. The first-order chi connectivity index (χ1) is 18.8. The SMILES string of the molecule is CC(C)c1nc(-c2ccc3c(n2)CCCN3C(=N)c2ncc(N3CCC4(CC3)CO[C@@H](C)[C@H]4N)nc2N)no1. The molecular formula is C27H36N10O2. The molecule has 206 valence electrons. The second kappa shape index (κ2) is 9.83. The number of aromatic nitrogens is 5. The van der Waals surface area contributed by atoms with E-state index in [0.29, 0.717) is 29.6 Å². The summed E-state index contributed by atoms with van der Waals surface area (Å²) >= 11 is 0. The van der Waals surface area contributed by atoms with Gasteiger partial charge in [-0.05, 0) is 44.7 Å². The van der Waals surface area contributed by atoms with Gasteiger partial charge in [0.05, 0.1) is 30.3 Å². The van der Waals surface area contributed by atoms with Gasteiger partial charge < -0.3 is 30.5 Å². The Labute approximate surface area is 227 Å². The number of hydrogen-bond donors (Lipinski definition) is 3. The van der Waals surface area contributed by atoms with Crippen LogP contribution in [0.3, 0.4) is 0 Å². The fourth-order valence-electron chi connectivity index (χ4n) is 5.89. The number of nitrogen functional groups attached to an aromatic ring is 1. The van der Waals surface area contributed by atoms with Gasteiger partial charge in [-0.25, -0.2) is 15.0 Å². The number of nitrogens with one attached hydrogen (secondary N) is 1. The van der Waals surface area contributed by atoms with E-state index in [1.54, 1.807) is 6.20 Å². The minimum Gasteiger partial charge on any atom is -0.382 e. The van der Waals surface area contributed by atoms with E-state index in [4.69, 9.17) is 31.1 Å². The fraction of sp³-hybridized carbons (Fsp3) is 0.556. The van der Waals surface area contributed by atoms with Gasteiger partial charge in [-0.2, -0.15) is 4.98 Å². The molecule has 0 aromatic carbocycles. The molecule has 0 unspecified atom stereocenters. The topological polar surface area (TPSA) is 169 Å². The highest BCUT2D eigenvalue weighted by atomic mass is 16.5. The van der Waals surface area contributed by atoms with Crippen molar-refractivity contribution in [2.24, 2.45) is 11.1 Å². The lowest BCUT2D eigenvalue weighted by Crippen LogP contribution is -2.50. The average Bonchev–Trinajstić information content (AvgIpc) is 3.55. The first-order valence-electron chi connectivity index (χ1n) is 13.7. The van der Waals surface area contributed by atoms with Gasteiger partial charge in [0.25, 0.3) is 0 Å². The van der Waals surface area contributed by atoms with E-state index in [1.165, 1.54) is 0 Å². The Morgan fingerprint density at radius 1 is 1.15 bits per heavy atom. The van der Waals surface area contributed by atoms with Crippen molar-refractivity contribution < 1.29 is 9.26 Å². The van der Waals surface area contributed by atoms with Crippen LogP contribution in [0.1, 0.15) is 63.2 Å². The smallest absolute Gasteiger partial charge is 0.229 e. The number of pyridine rings is 1. The third-order valence-corrected chi connectivity index (χ3v) is 8.41. The van der Waals surface area contributed by atoms with Crippen LogP contribution in [0.5, 0.6) is 0 Å². The summed E-state index contributed by atoms with van der Waals surface area (Å²) in [6.07, 6.45) is 5.35. The summed E-state index contributed by atoms with van der Waals surface area (Å²) in [6.45, 7) is 9.09. The van der Waals surface area contributed by atoms with E-state index in [9.17, 15) is 0 Å². The van der Waals surface area contributed by atoms with Crippen molar-refractivity contribution in [2.45, 2.75) is 64.5 Å². The van der Waals surface area contributed by atoms with E-state index in [1.807, 2.05) is 30.9 Å². The summed E-state index contributed by atoms with van der Waals surface area (Å²) in [6, 6.07) is 3.88. The zero-order valence-electron chi connectivity index (χ0n) is 22.7. The van der Waals surface area contributed by atoms with Crippen molar-refractivity contribution in [3.8, 4) is 11.5 Å². The van der Waals surface area contributed by atoms with Crippen LogP contribution in [0.15, 0.2) is 22.9 Å². The van der Waals surface area contributed by atoms with Crippen molar-refractivity contribution >= 4 is 23.2 Å². The molecule has 1 spiro atoms. The van der Waals surface area contributed by atoms with E-state index < -0.39 is 0 Å². The molecule has 0 aliphatic carbocycles. The molecule has 3 aliphatic rings. The van der Waals surface area contributed by atoms with Crippen molar-refractivity contribution in [3.63, 3.8) is 0 Å². The number of nitrogens with two attached hydrogens (primary N) is 2. The van der Waals surface area contributed by atoms with Crippen LogP contribution < -0.4 is 21.3 Å². The van der Waals surface area contributed by atoms with Gasteiger partial charge in [0.2, 0.25) is 11.7 Å². The summed E-state index contributed by atoms with van der Waals surface area (Å²) in [5.41, 5.74) is 15.7. The minimum atomic E-state index is 0.0347. The average molecular weight is 533 g/mol. The van der Waals surface area contributed by atoms with Gasteiger partial charge in [0.1, 0.15) is 17.2 Å². The van der Waals surface area contributed by atoms with Crippen molar-refractivity contribution in [3.05, 3.63) is 35.6 Å². The van der Waals surface area contributed by atoms with Gasteiger partial charge in [-0.1, -0.05) is 19.0 Å². The number of anilines is 3. The van der Waals surface area contributed by atoms with Crippen molar-refractivity contribution in [1.82, 2.24) is 25.1 Å². The Morgan fingerprint density at radius 2 is 1.95 bits per heavy atom. The number of ether oxygens (including phenoxy) is 1. The summed E-state index contributed by atoms with van der Waals surface area (Å²) in [4.78, 5) is 22.6. The maximum atomic E-state index is 8.96. The maximum Gasteiger partial charge on any atom is 0.229 e. The van der Waals surface area contributed by atoms with E-state index in [2.05, 4.69) is 31.9 Å². The number of fused-ring (bicyclic) bond motifs is 1. The Hall–Kier alpha value is -3.64. The summed E-state index contributed by atoms with van der Waals surface area (Å²) in [7, 11) is 0. The molecule has 2 fully saturated rings. The van der Waals surface area contributed by atoms with Crippen LogP contribution in [-0.2, 0) is 11.2 Å². The van der Waals surface area contributed by atoms with Gasteiger partial charge >= 0.3 is 0 Å². The van der Waals surface area contributed by atoms with Crippen LogP contribution in [0.2, 0.25) is 0 Å². The zero-order chi connectivity index (χ0) is 27.3. The van der Waals surface area contributed by atoms with Gasteiger partial charge in [0, 0.05) is 37.0 Å². The number of nitrogens with zero attached hydrogens (tertiary/aromatic N) is 7. The van der Waals surface area contributed by atoms with Crippen LogP contribution in [0.25, 0.3) is 11.5 Å². The standard InChI is InChI=1S/C27H36N10O2/c1-15(2)26-34-25(35-39-26)18-6-7-19-17(32-18)5-4-10-37(19)24(30)21-23(29)33-20(13-31-21)36-11-8-27(9-12-36)14-38-16(3)22(27)28/h6-7,13,15-16,22,30H,4-5,8-12,14,28H2,1-3H3,(H2,29,33)/t16-,22+/m0/s1. The minimum absolute atomic E-state index is 0.0347. The number of rotatable bonds is 4.